The Morgan fingerprint density at radius 2 is 1.66 bits per heavy atom. The van der Waals surface area contributed by atoms with E-state index in [0.29, 0.717) is 59.8 Å². The van der Waals surface area contributed by atoms with E-state index >= 15 is 0 Å². The van der Waals surface area contributed by atoms with Crippen LogP contribution >= 0.6 is 0 Å². The topological polar surface area (TPSA) is 92.6 Å². The summed E-state index contributed by atoms with van der Waals surface area (Å²) in [5.41, 5.74) is 1.89. The highest BCUT2D eigenvalue weighted by Crippen LogP contribution is 2.27. The number of benzene rings is 2. The maximum Gasteiger partial charge on any atom is 0.350 e. The van der Waals surface area contributed by atoms with Crippen LogP contribution in [0, 0.1) is 0 Å². The lowest BCUT2D eigenvalue weighted by Crippen LogP contribution is -2.28. The fraction of sp³-hybridized carbons (Fsp3) is 0.231. The van der Waals surface area contributed by atoms with Crippen LogP contribution in [-0.4, -0.2) is 38.0 Å². The third-order valence-corrected chi connectivity index (χ3v) is 6.05. The minimum absolute atomic E-state index is 0.103. The Kier molecular flexibility index (Phi) is 6.05. The number of aryl methyl sites for hydroxylation is 3. The van der Waals surface area contributed by atoms with Crippen LogP contribution in [0.4, 0.5) is 0 Å². The summed E-state index contributed by atoms with van der Waals surface area (Å²) in [6.45, 7) is 0.739. The van der Waals surface area contributed by atoms with E-state index in [2.05, 4.69) is 5.10 Å². The zero-order chi connectivity index (χ0) is 24.4. The number of hydrogen-bond acceptors (Lipinski definition) is 6. The molecule has 9 heteroatoms. The lowest BCUT2D eigenvalue weighted by molar-refractivity contribution is 0.354. The molecule has 2 aromatic carbocycles. The van der Waals surface area contributed by atoms with Crippen molar-refractivity contribution in [2.45, 2.75) is 25.9 Å². The molecule has 0 N–H and O–H groups in total. The summed E-state index contributed by atoms with van der Waals surface area (Å²) in [4.78, 5) is 30.9. The van der Waals surface area contributed by atoms with Gasteiger partial charge in [0.25, 0.3) is 5.56 Å². The maximum atomic E-state index is 13.4. The molecule has 5 aromatic rings. The van der Waals surface area contributed by atoms with Crippen LogP contribution in [0.25, 0.3) is 16.6 Å². The van der Waals surface area contributed by atoms with Gasteiger partial charge in [0.05, 0.1) is 31.7 Å². The van der Waals surface area contributed by atoms with Gasteiger partial charge in [0.15, 0.2) is 17.1 Å². The van der Waals surface area contributed by atoms with E-state index in [-0.39, 0.29) is 11.2 Å². The fourth-order valence-electron chi connectivity index (χ4n) is 4.23. The molecule has 3 aromatic heterocycles. The monoisotopic (exact) mass is 471 g/mol. The SMILES string of the molecule is COc1ccc(CCn2c(CCn3nc4ccccn4c3=O)nc3ccccc3c2=O)cc1OC. The van der Waals surface area contributed by atoms with Crippen LogP contribution in [0.1, 0.15) is 11.4 Å². The number of rotatable bonds is 8. The Bertz CT molecular complexity index is 1630. The first-order chi connectivity index (χ1) is 17.1. The average molecular weight is 472 g/mol. The summed E-state index contributed by atoms with van der Waals surface area (Å²) < 4.78 is 15.3. The number of aromatic nitrogens is 5. The van der Waals surface area contributed by atoms with Crippen molar-refractivity contribution in [1.82, 2.24) is 23.7 Å². The van der Waals surface area contributed by atoms with Crippen molar-refractivity contribution in [2.24, 2.45) is 0 Å². The fourth-order valence-corrected chi connectivity index (χ4v) is 4.23. The highest BCUT2D eigenvalue weighted by atomic mass is 16.5. The molecule has 0 saturated carbocycles. The zero-order valence-electron chi connectivity index (χ0n) is 19.5. The van der Waals surface area contributed by atoms with Crippen LogP contribution in [-0.2, 0) is 25.9 Å². The van der Waals surface area contributed by atoms with E-state index < -0.39 is 0 Å². The standard InChI is InChI=1S/C26H25N5O4/c1-34-21-11-10-18(17-22(21)35-2)12-15-29-23(27-20-8-4-3-7-19(20)25(29)32)13-16-31-26(33)30-14-6-5-9-24(30)28-31/h3-11,14,17H,12-13,15-16H2,1-2H3. The van der Waals surface area contributed by atoms with Crippen molar-refractivity contribution in [3.05, 3.63) is 99.1 Å². The van der Waals surface area contributed by atoms with E-state index in [1.54, 1.807) is 43.2 Å². The quantitative estimate of drug-likeness (QED) is 0.346. The van der Waals surface area contributed by atoms with Gasteiger partial charge in [-0.15, -0.1) is 5.10 Å². The van der Waals surface area contributed by atoms with Crippen molar-refractivity contribution in [3.63, 3.8) is 0 Å². The molecular formula is C26H25N5O4. The molecule has 0 aliphatic rings. The molecular weight excluding hydrogens is 446 g/mol. The highest BCUT2D eigenvalue weighted by Gasteiger charge is 2.14. The number of nitrogens with zero attached hydrogens (tertiary/aromatic N) is 5. The number of ether oxygens (including phenoxy) is 2. The van der Waals surface area contributed by atoms with Crippen LogP contribution in [0.5, 0.6) is 11.5 Å². The first kappa shape index (κ1) is 22.4. The summed E-state index contributed by atoms with van der Waals surface area (Å²) in [7, 11) is 3.19. The summed E-state index contributed by atoms with van der Waals surface area (Å²) in [5.74, 6) is 1.90. The normalized spacial score (nSPS) is 11.3. The van der Waals surface area contributed by atoms with E-state index in [0.717, 1.165) is 5.56 Å². The van der Waals surface area contributed by atoms with Crippen molar-refractivity contribution in [1.29, 1.82) is 0 Å². The molecule has 0 spiro atoms. The van der Waals surface area contributed by atoms with E-state index in [9.17, 15) is 9.59 Å². The minimum atomic E-state index is -0.222. The van der Waals surface area contributed by atoms with Crippen LogP contribution in [0.2, 0.25) is 0 Å². The Morgan fingerprint density at radius 1 is 0.857 bits per heavy atom. The van der Waals surface area contributed by atoms with Gasteiger partial charge in [0.2, 0.25) is 0 Å². The van der Waals surface area contributed by atoms with E-state index in [4.69, 9.17) is 14.5 Å². The van der Waals surface area contributed by atoms with Crippen LogP contribution in [0.3, 0.4) is 0 Å². The molecule has 0 aliphatic heterocycles. The molecule has 178 valence electrons. The van der Waals surface area contributed by atoms with Gasteiger partial charge in [0, 0.05) is 19.2 Å². The van der Waals surface area contributed by atoms with Crippen molar-refractivity contribution in [2.75, 3.05) is 14.2 Å². The summed E-state index contributed by atoms with van der Waals surface area (Å²) in [6.07, 6.45) is 2.67. The molecule has 5 rings (SSSR count). The Labute approximate surface area is 200 Å². The van der Waals surface area contributed by atoms with Crippen molar-refractivity contribution in [3.8, 4) is 11.5 Å². The van der Waals surface area contributed by atoms with Gasteiger partial charge in [-0.3, -0.25) is 13.8 Å². The molecule has 35 heavy (non-hydrogen) atoms. The Hall–Kier alpha value is -4.40. The average Bonchev–Trinajstić information content (AvgIpc) is 3.22. The number of fused-ring (bicyclic) bond motifs is 2. The molecule has 0 aliphatic carbocycles. The molecule has 9 nitrogen and oxygen atoms in total. The molecule has 3 heterocycles. The van der Waals surface area contributed by atoms with Gasteiger partial charge in [-0.2, -0.15) is 0 Å². The van der Waals surface area contributed by atoms with Crippen molar-refractivity contribution < 1.29 is 9.47 Å². The van der Waals surface area contributed by atoms with E-state index in [1.807, 2.05) is 42.5 Å². The second-order valence-corrected chi connectivity index (χ2v) is 8.13. The number of para-hydroxylation sites is 1. The molecule has 0 atom stereocenters. The Balaban J connectivity index is 1.47. The van der Waals surface area contributed by atoms with Gasteiger partial charge in [-0.1, -0.05) is 24.3 Å². The Morgan fingerprint density at radius 3 is 2.46 bits per heavy atom. The van der Waals surface area contributed by atoms with Crippen LogP contribution in [0.15, 0.2) is 76.4 Å². The lowest BCUT2D eigenvalue weighted by atomic mass is 10.1. The largest absolute Gasteiger partial charge is 0.493 e. The molecule has 0 amide bonds. The van der Waals surface area contributed by atoms with Crippen LogP contribution < -0.4 is 20.7 Å². The predicted molar refractivity (Wildman–Crippen MR) is 132 cm³/mol. The molecule has 0 unspecified atom stereocenters. The number of methoxy groups -OCH3 is 2. The zero-order valence-corrected chi connectivity index (χ0v) is 19.5. The number of hydrogen-bond donors (Lipinski definition) is 0. The van der Waals surface area contributed by atoms with Gasteiger partial charge in [-0.25, -0.2) is 14.5 Å². The number of pyridine rings is 1. The maximum absolute atomic E-state index is 13.4. The smallest absolute Gasteiger partial charge is 0.350 e. The highest BCUT2D eigenvalue weighted by molar-refractivity contribution is 5.77. The summed E-state index contributed by atoms with van der Waals surface area (Å²) >= 11 is 0. The molecule has 0 bridgehead atoms. The van der Waals surface area contributed by atoms with Gasteiger partial charge in [0.1, 0.15) is 5.82 Å². The second-order valence-electron chi connectivity index (χ2n) is 8.13. The first-order valence-corrected chi connectivity index (χ1v) is 11.3. The third-order valence-electron chi connectivity index (χ3n) is 6.05. The summed E-state index contributed by atoms with van der Waals surface area (Å²) in [6, 6.07) is 18.4. The van der Waals surface area contributed by atoms with Gasteiger partial charge < -0.3 is 9.47 Å². The predicted octanol–water partition coefficient (Wildman–Crippen LogP) is 2.71. The molecule has 0 fully saturated rings. The van der Waals surface area contributed by atoms with Gasteiger partial charge >= 0.3 is 5.69 Å². The second kappa shape index (κ2) is 9.46. The van der Waals surface area contributed by atoms with Crippen molar-refractivity contribution >= 4 is 16.6 Å². The lowest BCUT2D eigenvalue weighted by Gasteiger charge is -2.14. The van der Waals surface area contributed by atoms with E-state index in [1.165, 1.54) is 9.08 Å². The molecule has 0 saturated heterocycles. The summed E-state index contributed by atoms with van der Waals surface area (Å²) in [5, 5.41) is 4.96. The third kappa shape index (κ3) is 4.28. The minimum Gasteiger partial charge on any atom is -0.493 e. The molecule has 0 radical (unpaired) electrons. The first-order valence-electron chi connectivity index (χ1n) is 11.3. The van der Waals surface area contributed by atoms with Gasteiger partial charge in [-0.05, 0) is 48.4 Å².